The number of amides is 3. The van der Waals surface area contributed by atoms with E-state index in [1.165, 1.54) is 24.3 Å². The summed E-state index contributed by atoms with van der Waals surface area (Å²) in [5.74, 6) is -3.93. The van der Waals surface area contributed by atoms with Crippen LogP contribution in [0.3, 0.4) is 0 Å². The van der Waals surface area contributed by atoms with Gasteiger partial charge in [0.2, 0.25) is 17.7 Å². The fourth-order valence-corrected chi connectivity index (χ4v) is 2.68. The first kappa shape index (κ1) is 26.2. The summed E-state index contributed by atoms with van der Waals surface area (Å²) >= 11 is 0. The molecule has 32 heavy (non-hydrogen) atoms. The monoisotopic (exact) mass is 451 g/mol. The van der Waals surface area contributed by atoms with Crippen LogP contribution in [0.2, 0.25) is 0 Å². The number of carbonyl (C=O) groups excluding carboxylic acids is 3. The van der Waals surface area contributed by atoms with Crippen molar-refractivity contribution in [2.24, 2.45) is 27.9 Å². The van der Waals surface area contributed by atoms with Gasteiger partial charge in [0.15, 0.2) is 5.96 Å². The highest BCUT2D eigenvalue weighted by atomic mass is 16.4. The first-order valence-electron chi connectivity index (χ1n) is 9.70. The largest absolute Gasteiger partial charge is 0.508 e. The quantitative estimate of drug-likeness (QED) is 0.0877. The third-order valence-corrected chi connectivity index (χ3v) is 4.33. The van der Waals surface area contributed by atoms with Crippen LogP contribution in [0, 0.1) is 0 Å². The molecule has 0 saturated heterocycles. The summed E-state index contributed by atoms with van der Waals surface area (Å²) in [4.78, 5) is 51.4. The van der Waals surface area contributed by atoms with Crippen molar-refractivity contribution in [3.63, 3.8) is 0 Å². The number of phenols is 1. The fraction of sp³-hybridized carbons (Fsp3) is 0.421. The molecule has 1 rings (SSSR count). The minimum Gasteiger partial charge on any atom is -0.508 e. The van der Waals surface area contributed by atoms with E-state index in [0.717, 1.165) is 0 Å². The minimum atomic E-state index is -1.56. The number of hydrogen-bond acceptors (Lipinski definition) is 7. The average Bonchev–Trinajstić information content (AvgIpc) is 2.70. The van der Waals surface area contributed by atoms with Crippen LogP contribution in [0.25, 0.3) is 0 Å². The van der Waals surface area contributed by atoms with Gasteiger partial charge in [-0.1, -0.05) is 12.1 Å². The molecule has 0 spiro atoms. The highest BCUT2D eigenvalue weighted by Crippen LogP contribution is 2.12. The number of carboxylic acids is 1. The van der Waals surface area contributed by atoms with Gasteiger partial charge in [-0.05, 0) is 30.5 Å². The summed E-state index contributed by atoms with van der Waals surface area (Å²) in [7, 11) is 0. The SMILES string of the molecule is NC(=O)CC(NC(=O)C(Cc1ccc(O)cc1)NC(=O)C(N)CCCN=C(N)N)C(=O)O. The van der Waals surface area contributed by atoms with E-state index in [1.807, 2.05) is 0 Å². The van der Waals surface area contributed by atoms with Gasteiger partial charge >= 0.3 is 5.97 Å². The molecule has 13 nitrogen and oxygen atoms in total. The van der Waals surface area contributed by atoms with E-state index in [9.17, 15) is 29.4 Å². The molecule has 0 aliphatic rings. The van der Waals surface area contributed by atoms with Crippen LogP contribution < -0.4 is 33.6 Å². The second-order valence-electron chi connectivity index (χ2n) is 7.06. The van der Waals surface area contributed by atoms with Crippen molar-refractivity contribution in [1.29, 1.82) is 0 Å². The normalized spacial score (nSPS) is 13.3. The lowest BCUT2D eigenvalue weighted by molar-refractivity contribution is -0.143. The Morgan fingerprint density at radius 3 is 2.09 bits per heavy atom. The molecule has 3 unspecified atom stereocenters. The van der Waals surface area contributed by atoms with Gasteiger partial charge in [0.05, 0.1) is 12.5 Å². The molecule has 0 saturated carbocycles. The van der Waals surface area contributed by atoms with E-state index in [4.69, 9.17) is 22.9 Å². The minimum absolute atomic E-state index is 0.00832. The van der Waals surface area contributed by atoms with Gasteiger partial charge in [-0.25, -0.2) is 4.79 Å². The van der Waals surface area contributed by atoms with Crippen LogP contribution in [0.4, 0.5) is 0 Å². The topological polar surface area (TPSA) is 249 Å². The number of nitrogens with one attached hydrogen (secondary N) is 2. The molecule has 0 bridgehead atoms. The summed E-state index contributed by atoms with van der Waals surface area (Å²) in [5, 5.41) is 23.3. The molecular formula is C19H29N7O6. The van der Waals surface area contributed by atoms with Crippen LogP contribution in [-0.2, 0) is 25.6 Å². The van der Waals surface area contributed by atoms with Gasteiger partial charge in [-0.3, -0.25) is 19.4 Å². The van der Waals surface area contributed by atoms with E-state index in [2.05, 4.69) is 15.6 Å². The lowest BCUT2D eigenvalue weighted by Gasteiger charge is -2.22. The van der Waals surface area contributed by atoms with Crippen molar-refractivity contribution in [3.8, 4) is 5.75 Å². The highest BCUT2D eigenvalue weighted by molar-refractivity contribution is 5.93. The van der Waals surface area contributed by atoms with Crippen LogP contribution in [0.1, 0.15) is 24.8 Å². The van der Waals surface area contributed by atoms with Crippen molar-refractivity contribution >= 4 is 29.7 Å². The smallest absolute Gasteiger partial charge is 0.326 e. The zero-order chi connectivity index (χ0) is 24.3. The molecule has 1 aromatic carbocycles. The maximum atomic E-state index is 12.7. The van der Waals surface area contributed by atoms with Gasteiger partial charge < -0.3 is 43.8 Å². The number of nitrogens with two attached hydrogens (primary N) is 4. The Morgan fingerprint density at radius 1 is 0.969 bits per heavy atom. The number of aliphatic imine (C=N–C) groups is 1. The Balaban J connectivity index is 2.91. The number of aromatic hydroxyl groups is 1. The van der Waals surface area contributed by atoms with Gasteiger partial charge in [0, 0.05) is 13.0 Å². The lowest BCUT2D eigenvalue weighted by atomic mass is 10.0. The average molecular weight is 451 g/mol. The van der Waals surface area contributed by atoms with Crippen molar-refractivity contribution in [2.75, 3.05) is 6.54 Å². The first-order valence-corrected chi connectivity index (χ1v) is 9.70. The molecule has 0 fully saturated rings. The van der Waals surface area contributed by atoms with Crippen LogP contribution >= 0.6 is 0 Å². The van der Waals surface area contributed by atoms with E-state index < -0.39 is 48.2 Å². The molecule has 3 amide bonds. The maximum Gasteiger partial charge on any atom is 0.326 e. The summed E-state index contributed by atoms with van der Waals surface area (Å²) in [5.41, 5.74) is 21.9. The Kier molecular flexibility index (Phi) is 10.4. The van der Waals surface area contributed by atoms with Crippen molar-refractivity contribution in [2.45, 2.75) is 43.8 Å². The molecule has 176 valence electrons. The van der Waals surface area contributed by atoms with Crippen molar-refractivity contribution < 1.29 is 29.4 Å². The second kappa shape index (κ2) is 12.7. The second-order valence-corrected chi connectivity index (χ2v) is 7.06. The Hall–Kier alpha value is -3.87. The maximum absolute atomic E-state index is 12.7. The number of nitrogens with zero attached hydrogens (tertiary/aromatic N) is 1. The van der Waals surface area contributed by atoms with E-state index in [0.29, 0.717) is 12.0 Å². The first-order chi connectivity index (χ1) is 15.0. The zero-order valence-corrected chi connectivity index (χ0v) is 17.4. The molecule has 3 atom stereocenters. The number of rotatable bonds is 13. The van der Waals surface area contributed by atoms with E-state index in [-0.39, 0.29) is 31.1 Å². The number of aliphatic carboxylic acids is 1. The molecule has 0 aromatic heterocycles. The number of hydrogen-bond donors (Lipinski definition) is 8. The summed E-state index contributed by atoms with van der Waals surface area (Å²) in [6.45, 7) is 0.272. The van der Waals surface area contributed by atoms with Gasteiger partial charge in [0.25, 0.3) is 0 Å². The standard InChI is InChI=1S/C19H29N7O6/c20-12(2-1-7-24-19(22)23)16(29)25-13(8-10-3-5-11(27)6-4-10)17(30)26-14(18(31)32)9-15(21)28/h3-6,12-14,27H,1-2,7-9,20H2,(H2,21,28)(H,25,29)(H,26,30)(H,31,32)(H4,22,23,24). The number of phenolic OH excluding ortho intramolecular Hbond substituents is 1. The molecule has 0 heterocycles. The van der Waals surface area contributed by atoms with Gasteiger partial charge in [-0.15, -0.1) is 0 Å². The van der Waals surface area contributed by atoms with Crippen molar-refractivity contribution in [3.05, 3.63) is 29.8 Å². The van der Waals surface area contributed by atoms with Crippen molar-refractivity contribution in [1.82, 2.24) is 10.6 Å². The van der Waals surface area contributed by atoms with Crippen LogP contribution in [-0.4, -0.2) is 64.5 Å². The molecule has 13 heteroatoms. The molecule has 0 aliphatic heterocycles. The fourth-order valence-electron chi connectivity index (χ4n) is 2.68. The van der Waals surface area contributed by atoms with Crippen LogP contribution in [0.15, 0.2) is 29.3 Å². The molecule has 0 aliphatic carbocycles. The summed E-state index contributed by atoms with van der Waals surface area (Å²) < 4.78 is 0. The third-order valence-electron chi connectivity index (χ3n) is 4.33. The number of carbonyl (C=O) groups is 4. The number of benzene rings is 1. The molecule has 1 aromatic rings. The number of guanidine groups is 1. The molecular weight excluding hydrogens is 422 g/mol. The highest BCUT2D eigenvalue weighted by Gasteiger charge is 2.29. The Morgan fingerprint density at radius 2 is 1.56 bits per heavy atom. The van der Waals surface area contributed by atoms with Gasteiger partial charge in [-0.2, -0.15) is 0 Å². The van der Waals surface area contributed by atoms with Crippen LogP contribution in [0.5, 0.6) is 5.75 Å². The predicted molar refractivity (Wildman–Crippen MR) is 115 cm³/mol. The Labute approximate surface area is 184 Å². The van der Waals surface area contributed by atoms with E-state index >= 15 is 0 Å². The summed E-state index contributed by atoms with van der Waals surface area (Å²) in [6, 6.07) is 2.13. The lowest BCUT2D eigenvalue weighted by Crippen LogP contribution is -2.55. The number of carboxylic acid groups (broad SMARTS) is 1. The van der Waals surface area contributed by atoms with E-state index in [1.54, 1.807) is 0 Å². The molecule has 0 radical (unpaired) electrons. The third kappa shape index (κ3) is 9.75. The molecule has 12 N–H and O–H groups in total. The Bertz CT molecular complexity index is 839. The summed E-state index contributed by atoms with van der Waals surface area (Å²) in [6.07, 6.45) is 0.00331. The predicted octanol–water partition coefficient (Wildman–Crippen LogP) is -2.75. The van der Waals surface area contributed by atoms with Gasteiger partial charge in [0.1, 0.15) is 17.8 Å². The zero-order valence-electron chi connectivity index (χ0n) is 17.4. The number of primary amides is 1.